The van der Waals surface area contributed by atoms with Crippen molar-refractivity contribution in [3.63, 3.8) is 0 Å². The molecule has 1 saturated heterocycles. The summed E-state index contributed by atoms with van der Waals surface area (Å²) in [6.45, 7) is 4.41. The third-order valence-corrected chi connectivity index (χ3v) is 5.25. The highest BCUT2D eigenvalue weighted by atomic mass is 35.5. The van der Waals surface area contributed by atoms with Crippen molar-refractivity contribution in [3.05, 3.63) is 64.7 Å². The fraction of sp³-hybridized carbons (Fsp3) is 0.286. The van der Waals surface area contributed by atoms with E-state index in [1.165, 1.54) is 18.2 Å². The van der Waals surface area contributed by atoms with Crippen LogP contribution in [-0.2, 0) is 6.42 Å². The number of hydrogen-bond acceptors (Lipinski definition) is 6. The third-order valence-electron chi connectivity index (χ3n) is 5.01. The van der Waals surface area contributed by atoms with Crippen LogP contribution in [0.4, 0.5) is 10.2 Å². The summed E-state index contributed by atoms with van der Waals surface area (Å²) in [5.74, 6) is 0.898. The summed E-state index contributed by atoms with van der Waals surface area (Å²) in [5, 5.41) is 13.4. The second kappa shape index (κ2) is 8.60. The predicted octanol–water partition coefficient (Wildman–Crippen LogP) is 3.77. The number of halogens is 2. The van der Waals surface area contributed by atoms with Crippen molar-refractivity contribution in [1.82, 2.24) is 15.0 Å². The summed E-state index contributed by atoms with van der Waals surface area (Å²) in [6, 6.07) is 11.9. The lowest BCUT2D eigenvalue weighted by Crippen LogP contribution is -2.47. The van der Waals surface area contributed by atoms with Crippen LogP contribution in [0.25, 0.3) is 11.3 Å². The van der Waals surface area contributed by atoms with Crippen molar-refractivity contribution >= 4 is 17.4 Å². The van der Waals surface area contributed by atoms with Crippen molar-refractivity contribution in [3.8, 4) is 17.4 Å². The lowest BCUT2D eigenvalue weighted by atomic mass is 10.1. The van der Waals surface area contributed by atoms with Gasteiger partial charge in [0.15, 0.2) is 5.76 Å². The van der Waals surface area contributed by atoms with E-state index >= 15 is 0 Å². The summed E-state index contributed by atoms with van der Waals surface area (Å²) in [7, 11) is 0. The molecule has 1 aliphatic heterocycles. The fourth-order valence-electron chi connectivity index (χ4n) is 3.36. The van der Waals surface area contributed by atoms with Crippen LogP contribution >= 0.6 is 11.6 Å². The van der Waals surface area contributed by atoms with E-state index in [2.05, 4.69) is 26.0 Å². The molecular formula is C21H19ClFN5O. The maximum absolute atomic E-state index is 14.0. The van der Waals surface area contributed by atoms with Gasteiger partial charge in [-0.2, -0.15) is 5.26 Å². The van der Waals surface area contributed by atoms with Crippen LogP contribution in [0.15, 0.2) is 47.1 Å². The molecule has 0 saturated carbocycles. The van der Waals surface area contributed by atoms with Gasteiger partial charge in [-0.15, -0.1) is 0 Å². The topological polar surface area (TPSA) is 69.2 Å². The lowest BCUT2D eigenvalue weighted by molar-refractivity contribution is 0.258. The Morgan fingerprint density at radius 1 is 1.14 bits per heavy atom. The molecule has 2 aromatic heterocycles. The molecule has 0 unspecified atom stereocenters. The zero-order chi connectivity index (χ0) is 20.2. The van der Waals surface area contributed by atoms with Crippen LogP contribution < -0.4 is 4.90 Å². The first-order chi connectivity index (χ1) is 14.1. The molecule has 1 fully saturated rings. The first kappa shape index (κ1) is 19.4. The molecule has 6 nitrogen and oxygen atoms in total. The Balaban J connectivity index is 1.30. The molecule has 1 aromatic carbocycles. The molecule has 0 amide bonds. The molecule has 0 radical (unpaired) electrons. The first-order valence-electron chi connectivity index (χ1n) is 9.37. The van der Waals surface area contributed by atoms with Crippen molar-refractivity contribution in [2.45, 2.75) is 6.42 Å². The van der Waals surface area contributed by atoms with E-state index in [1.807, 2.05) is 6.07 Å². The molecule has 1 aliphatic rings. The van der Waals surface area contributed by atoms with E-state index in [1.54, 1.807) is 18.3 Å². The Kier molecular flexibility index (Phi) is 5.74. The number of hydrogen-bond donors (Lipinski definition) is 0. The minimum absolute atomic E-state index is 0.319. The number of aromatic nitrogens is 2. The molecule has 0 bridgehead atoms. The molecular weight excluding hydrogens is 393 g/mol. The molecule has 148 valence electrons. The van der Waals surface area contributed by atoms with Gasteiger partial charge in [-0.05, 0) is 30.3 Å². The number of rotatable bonds is 5. The summed E-state index contributed by atoms with van der Waals surface area (Å²) in [6.07, 6.45) is 2.33. The second-order valence-electron chi connectivity index (χ2n) is 6.90. The largest absolute Gasteiger partial charge is 0.356 e. The minimum atomic E-state index is -0.385. The average Bonchev–Trinajstić information content (AvgIpc) is 3.23. The monoisotopic (exact) mass is 411 g/mol. The van der Waals surface area contributed by atoms with Crippen molar-refractivity contribution in [2.75, 3.05) is 37.6 Å². The SMILES string of the molecule is N#Cc1ccc(N2CCN(CCc3cc(-c4cc(Cl)ccc4F)on3)CC2)nc1. The number of nitrogens with zero attached hydrogens (tertiary/aromatic N) is 5. The Labute approximate surface area is 173 Å². The van der Waals surface area contributed by atoms with Crippen LogP contribution in [0, 0.1) is 17.1 Å². The number of anilines is 1. The van der Waals surface area contributed by atoms with Gasteiger partial charge < -0.3 is 9.42 Å². The highest BCUT2D eigenvalue weighted by Gasteiger charge is 2.19. The van der Waals surface area contributed by atoms with E-state index in [0.29, 0.717) is 21.9 Å². The maximum Gasteiger partial charge on any atom is 0.170 e. The van der Waals surface area contributed by atoms with Crippen LogP contribution in [0.5, 0.6) is 0 Å². The smallest absolute Gasteiger partial charge is 0.170 e. The van der Waals surface area contributed by atoms with Gasteiger partial charge in [-0.3, -0.25) is 4.90 Å². The fourth-order valence-corrected chi connectivity index (χ4v) is 3.53. The average molecular weight is 412 g/mol. The number of pyridine rings is 1. The normalized spacial score (nSPS) is 14.7. The molecule has 8 heteroatoms. The van der Waals surface area contributed by atoms with E-state index in [0.717, 1.165) is 50.7 Å². The summed E-state index contributed by atoms with van der Waals surface area (Å²) in [5.41, 5.74) is 1.67. The van der Waals surface area contributed by atoms with Crippen LogP contribution in [0.1, 0.15) is 11.3 Å². The Morgan fingerprint density at radius 3 is 2.69 bits per heavy atom. The number of benzene rings is 1. The van der Waals surface area contributed by atoms with Gasteiger partial charge in [0.25, 0.3) is 0 Å². The highest BCUT2D eigenvalue weighted by molar-refractivity contribution is 6.30. The van der Waals surface area contributed by atoms with Gasteiger partial charge in [0.2, 0.25) is 0 Å². The van der Waals surface area contributed by atoms with Gasteiger partial charge in [0.05, 0.1) is 16.8 Å². The van der Waals surface area contributed by atoms with Crippen LogP contribution in [0.2, 0.25) is 5.02 Å². The zero-order valence-corrected chi connectivity index (χ0v) is 16.4. The Hall–Kier alpha value is -2.95. The first-order valence-corrected chi connectivity index (χ1v) is 9.74. The molecule has 29 heavy (non-hydrogen) atoms. The van der Waals surface area contributed by atoms with Gasteiger partial charge in [-0.1, -0.05) is 16.8 Å². The summed E-state index contributed by atoms with van der Waals surface area (Å²) < 4.78 is 19.3. The molecule has 3 aromatic rings. The van der Waals surface area contributed by atoms with E-state index in [4.69, 9.17) is 21.4 Å². The second-order valence-corrected chi connectivity index (χ2v) is 7.34. The van der Waals surface area contributed by atoms with Gasteiger partial charge in [-0.25, -0.2) is 9.37 Å². The van der Waals surface area contributed by atoms with Crippen molar-refractivity contribution in [2.24, 2.45) is 0 Å². The Bertz CT molecular complexity index is 1020. The highest BCUT2D eigenvalue weighted by Crippen LogP contribution is 2.26. The summed E-state index contributed by atoms with van der Waals surface area (Å²) in [4.78, 5) is 8.93. The predicted molar refractivity (Wildman–Crippen MR) is 108 cm³/mol. The minimum Gasteiger partial charge on any atom is -0.356 e. The zero-order valence-electron chi connectivity index (χ0n) is 15.7. The standard InChI is InChI=1S/C21H19ClFN5O/c22-16-2-3-19(23)18(11-16)20-12-17(26-29-20)5-6-27-7-9-28(10-8-27)21-4-1-15(13-24)14-25-21/h1-4,11-12,14H,5-10H2. The quantitative estimate of drug-likeness (QED) is 0.636. The summed E-state index contributed by atoms with van der Waals surface area (Å²) >= 11 is 5.95. The molecule has 0 N–H and O–H groups in total. The number of piperazine rings is 1. The Morgan fingerprint density at radius 2 is 1.97 bits per heavy atom. The van der Waals surface area contributed by atoms with Gasteiger partial charge >= 0.3 is 0 Å². The maximum atomic E-state index is 14.0. The number of nitriles is 1. The van der Waals surface area contributed by atoms with E-state index in [9.17, 15) is 4.39 Å². The molecule has 0 atom stereocenters. The lowest BCUT2D eigenvalue weighted by Gasteiger charge is -2.35. The van der Waals surface area contributed by atoms with Crippen molar-refractivity contribution < 1.29 is 8.91 Å². The van der Waals surface area contributed by atoms with Crippen molar-refractivity contribution in [1.29, 1.82) is 5.26 Å². The molecule has 0 spiro atoms. The van der Waals surface area contributed by atoms with E-state index < -0.39 is 0 Å². The molecule has 4 rings (SSSR count). The van der Waals surface area contributed by atoms with E-state index in [-0.39, 0.29) is 5.82 Å². The van der Waals surface area contributed by atoms with Crippen LogP contribution in [-0.4, -0.2) is 47.8 Å². The molecule has 0 aliphatic carbocycles. The van der Waals surface area contributed by atoms with Crippen LogP contribution in [0.3, 0.4) is 0 Å². The third kappa shape index (κ3) is 4.56. The van der Waals surface area contributed by atoms with Gasteiger partial charge in [0, 0.05) is 56.4 Å². The molecule has 3 heterocycles. The van der Waals surface area contributed by atoms with Gasteiger partial charge in [0.1, 0.15) is 17.7 Å².